The number of hydrogen-bond donors (Lipinski definition) is 2. The number of nitrogens with one attached hydrogen (secondary N) is 2. The molecule has 2 aliphatic rings. The van der Waals surface area contributed by atoms with Gasteiger partial charge in [-0.25, -0.2) is 4.39 Å². The Morgan fingerprint density at radius 2 is 1.65 bits per heavy atom. The van der Waals surface area contributed by atoms with E-state index in [4.69, 9.17) is 25.8 Å². The summed E-state index contributed by atoms with van der Waals surface area (Å²) in [7, 11) is 1.34. The topological polar surface area (TPSA) is 103 Å². The summed E-state index contributed by atoms with van der Waals surface area (Å²) in [6, 6.07) is 21.0. The van der Waals surface area contributed by atoms with Crippen molar-refractivity contribution in [1.82, 2.24) is 5.32 Å². The van der Waals surface area contributed by atoms with Gasteiger partial charge < -0.3 is 24.8 Å². The van der Waals surface area contributed by atoms with Crippen LogP contribution >= 0.6 is 11.6 Å². The van der Waals surface area contributed by atoms with Crippen molar-refractivity contribution in [2.75, 3.05) is 19.0 Å². The fourth-order valence-corrected chi connectivity index (χ4v) is 6.78. The van der Waals surface area contributed by atoms with E-state index in [1.165, 1.54) is 19.2 Å². The van der Waals surface area contributed by atoms with E-state index in [-0.39, 0.29) is 64.2 Å². The summed E-state index contributed by atoms with van der Waals surface area (Å²) in [6.07, 6.45) is 4.97. The van der Waals surface area contributed by atoms with Crippen molar-refractivity contribution in [1.29, 1.82) is 0 Å². The van der Waals surface area contributed by atoms with Crippen LogP contribution in [0.2, 0.25) is 5.02 Å². The van der Waals surface area contributed by atoms with Gasteiger partial charge in [-0.2, -0.15) is 0 Å². The lowest BCUT2D eigenvalue weighted by atomic mass is 9.70. The van der Waals surface area contributed by atoms with Gasteiger partial charge in [0, 0.05) is 17.6 Å². The second-order valence-corrected chi connectivity index (χ2v) is 13.7. The fraction of sp³-hybridized carbons (Fsp3) is 0.359. The maximum Gasteiger partial charge on any atom is 0.309 e. The number of methoxy groups -OCH3 is 1. The highest BCUT2D eigenvalue weighted by molar-refractivity contribution is 6.31. The molecular formula is C39H40ClFN2O6. The van der Waals surface area contributed by atoms with Gasteiger partial charge in [-0.1, -0.05) is 67.4 Å². The summed E-state index contributed by atoms with van der Waals surface area (Å²) in [6.45, 7) is 2.86. The van der Waals surface area contributed by atoms with Crippen LogP contribution in [0.15, 0.2) is 72.8 Å². The molecule has 2 saturated carbocycles. The maximum absolute atomic E-state index is 15.2. The number of esters is 1. The lowest BCUT2D eigenvalue weighted by Crippen LogP contribution is -2.40. The van der Waals surface area contributed by atoms with Crippen molar-refractivity contribution in [2.45, 2.75) is 64.6 Å². The van der Waals surface area contributed by atoms with E-state index in [0.29, 0.717) is 37.3 Å². The molecule has 0 radical (unpaired) electrons. The normalized spacial score (nSPS) is 18.2. The fourth-order valence-electron chi connectivity index (χ4n) is 6.61. The lowest BCUT2D eigenvalue weighted by Gasteiger charge is -2.38. The number of anilines is 1. The first-order chi connectivity index (χ1) is 23.6. The molecule has 0 atom stereocenters. The van der Waals surface area contributed by atoms with Gasteiger partial charge in [-0.3, -0.25) is 14.4 Å². The third kappa shape index (κ3) is 7.99. The molecule has 2 fully saturated rings. The molecule has 0 unspecified atom stereocenters. The van der Waals surface area contributed by atoms with E-state index >= 15 is 4.39 Å². The van der Waals surface area contributed by atoms with Crippen molar-refractivity contribution in [3.8, 4) is 11.5 Å². The zero-order valence-corrected chi connectivity index (χ0v) is 28.4. The average Bonchev–Trinajstić information content (AvgIpc) is 3.09. The second-order valence-electron chi connectivity index (χ2n) is 13.3. The van der Waals surface area contributed by atoms with Gasteiger partial charge in [0.05, 0.1) is 35.9 Å². The number of amides is 2. The van der Waals surface area contributed by atoms with Crippen molar-refractivity contribution < 1.29 is 33.0 Å². The molecule has 8 nitrogen and oxygen atoms in total. The molecule has 49 heavy (non-hydrogen) atoms. The molecule has 6 rings (SSSR count). The number of ether oxygens (including phenoxy) is 3. The first kappa shape index (κ1) is 34.2. The highest BCUT2D eigenvalue weighted by Crippen LogP contribution is 2.39. The van der Waals surface area contributed by atoms with Crippen molar-refractivity contribution in [3.63, 3.8) is 0 Å². The minimum atomic E-state index is -0.683. The van der Waals surface area contributed by atoms with Gasteiger partial charge >= 0.3 is 5.97 Å². The van der Waals surface area contributed by atoms with E-state index in [1.54, 1.807) is 12.1 Å². The molecule has 4 aromatic rings. The molecule has 10 heteroatoms. The van der Waals surface area contributed by atoms with Crippen molar-refractivity contribution in [2.24, 2.45) is 11.3 Å². The molecule has 0 bridgehead atoms. The van der Waals surface area contributed by atoms with E-state index in [2.05, 4.69) is 17.6 Å². The number of rotatable bonds is 11. The number of halogens is 2. The number of benzene rings is 4. The third-order valence-electron chi connectivity index (χ3n) is 9.76. The Kier molecular flexibility index (Phi) is 10.4. The Morgan fingerprint density at radius 1 is 0.898 bits per heavy atom. The van der Waals surface area contributed by atoms with Crippen LogP contribution in [0.25, 0.3) is 10.8 Å². The van der Waals surface area contributed by atoms with Crippen LogP contribution in [0.4, 0.5) is 10.1 Å². The quantitative estimate of drug-likeness (QED) is 0.153. The lowest BCUT2D eigenvalue weighted by molar-refractivity contribution is -0.151. The monoisotopic (exact) mass is 686 g/mol. The summed E-state index contributed by atoms with van der Waals surface area (Å²) in [5.41, 5.74) is 1.52. The van der Waals surface area contributed by atoms with Gasteiger partial charge in [-0.05, 0) is 84.5 Å². The summed E-state index contributed by atoms with van der Waals surface area (Å²) in [5, 5.41) is 8.21. The molecule has 4 aromatic carbocycles. The average molecular weight is 687 g/mol. The molecule has 0 heterocycles. The van der Waals surface area contributed by atoms with Crippen LogP contribution in [0.1, 0.15) is 78.1 Å². The minimum Gasteiger partial charge on any atom is -0.496 e. The Hall–Kier alpha value is -4.63. The van der Waals surface area contributed by atoms with Crippen LogP contribution in [-0.4, -0.2) is 37.5 Å². The molecule has 256 valence electrons. The minimum absolute atomic E-state index is 0.00550. The number of carbonyl (C=O) groups is 3. The highest BCUT2D eigenvalue weighted by Gasteiger charge is 2.33. The van der Waals surface area contributed by atoms with E-state index in [9.17, 15) is 14.4 Å². The Balaban J connectivity index is 1.08. The smallest absolute Gasteiger partial charge is 0.309 e. The number of fused-ring (bicyclic) bond motifs is 1. The Labute approximate surface area is 290 Å². The molecule has 2 N–H and O–H groups in total. The van der Waals surface area contributed by atoms with Crippen molar-refractivity contribution >= 4 is 45.8 Å². The predicted molar refractivity (Wildman–Crippen MR) is 187 cm³/mol. The number of carbonyl (C=O) groups excluding carboxylic acids is 3. The zero-order chi connectivity index (χ0) is 34.5. The number of hydrogen-bond acceptors (Lipinski definition) is 6. The standard InChI is InChI=1S/C39H40ClFN2O6/c1-39(17-6-18-39)23-42-36(44)30-16-13-27(40)19-33(30)43-37(45)31-20-35(32(41)21-34(31)47-2)49-28-14-11-25(12-15-28)38(46)48-22-26-9-5-8-24-7-3-4-10-29(24)26/h3-5,7-10,13,16,19-21,25,28H,6,11-12,14-15,17-18,22-23H2,1-2H3,(H,42,44)(H,43,45). The summed E-state index contributed by atoms with van der Waals surface area (Å²) in [5.74, 6) is -2.27. The third-order valence-corrected chi connectivity index (χ3v) is 10.00. The van der Waals surface area contributed by atoms with Crippen LogP contribution in [0.3, 0.4) is 0 Å². The van der Waals surface area contributed by atoms with Gasteiger partial charge in [0.2, 0.25) is 0 Å². The first-order valence-corrected chi connectivity index (χ1v) is 17.1. The first-order valence-electron chi connectivity index (χ1n) is 16.7. The van der Waals surface area contributed by atoms with Crippen molar-refractivity contribution in [3.05, 3.63) is 100 Å². The molecule has 0 spiro atoms. The van der Waals surface area contributed by atoms with Gasteiger partial charge in [-0.15, -0.1) is 0 Å². The van der Waals surface area contributed by atoms with E-state index in [1.807, 2.05) is 42.5 Å². The summed E-state index contributed by atoms with van der Waals surface area (Å²) < 4.78 is 32.3. The Bertz CT molecular complexity index is 1860. The summed E-state index contributed by atoms with van der Waals surface area (Å²) >= 11 is 6.24. The maximum atomic E-state index is 15.2. The second kappa shape index (κ2) is 14.9. The predicted octanol–water partition coefficient (Wildman–Crippen LogP) is 8.49. The molecule has 2 amide bonds. The largest absolute Gasteiger partial charge is 0.496 e. The Morgan fingerprint density at radius 3 is 2.39 bits per heavy atom. The zero-order valence-electron chi connectivity index (χ0n) is 27.7. The van der Waals surface area contributed by atoms with Gasteiger partial charge in [0.1, 0.15) is 12.4 Å². The SMILES string of the molecule is COc1cc(F)c(OC2CCC(C(=O)OCc3cccc4ccccc34)CC2)cc1C(=O)Nc1cc(Cl)ccc1C(=O)NCC1(C)CCC1. The van der Waals surface area contributed by atoms with E-state index in [0.717, 1.165) is 41.7 Å². The van der Waals surface area contributed by atoms with Gasteiger partial charge in [0.15, 0.2) is 11.6 Å². The van der Waals surface area contributed by atoms with Crippen LogP contribution < -0.4 is 20.1 Å². The molecular weight excluding hydrogens is 647 g/mol. The summed E-state index contributed by atoms with van der Waals surface area (Å²) in [4.78, 5) is 39.6. The molecule has 0 aliphatic heterocycles. The van der Waals surface area contributed by atoms with Crippen LogP contribution in [0.5, 0.6) is 11.5 Å². The highest BCUT2D eigenvalue weighted by atomic mass is 35.5. The van der Waals surface area contributed by atoms with E-state index < -0.39 is 11.7 Å². The van der Waals surface area contributed by atoms with Crippen LogP contribution in [0, 0.1) is 17.2 Å². The van der Waals surface area contributed by atoms with Crippen LogP contribution in [-0.2, 0) is 16.1 Å². The molecule has 0 saturated heterocycles. The molecule has 2 aliphatic carbocycles. The van der Waals surface area contributed by atoms with Gasteiger partial charge in [0.25, 0.3) is 11.8 Å². The molecule has 0 aromatic heterocycles.